The van der Waals surface area contributed by atoms with Gasteiger partial charge < -0.3 is 15.2 Å². The highest BCUT2D eigenvalue weighted by Crippen LogP contribution is 2.19. The van der Waals surface area contributed by atoms with Crippen LogP contribution in [0.15, 0.2) is 42.5 Å². The van der Waals surface area contributed by atoms with Gasteiger partial charge in [0.2, 0.25) is 0 Å². The van der Waals surface area contributed by atoms with Crippen LogP contribution in [0.25, 0.3) is 0 Å². The Morgan fingerprint density at radius 2 is 2.00 bits per heavy atom. The number of ether oxygens (including phenoxy) is 1. The molecule has 2 aromatic rings. The molecule has 4 heteroatoms. The molecular formula is C16H18FNO2. The molecule has 2 N–H and O–H groups in total. The third-order valence-electron chi connectivity index (χ3n) is 2.97. The summed E-state index contributed by atoms with van der Waals surface area (Å²) in [6.07, 6.45) is 0. The molecule has 0 saturated heterocycles. The highest BCUT2D eigenvalue weighted by atomic mass is 19.1. The average Bonchev–Trinajstić information content (AvgIpc) is 2.47. The number of nitrogens with one attached hydrogen (secondary N) is 1. The van der Waals surface area contributed by atoms with Gasteiger partial charge in [-0.2, -0.15) is 0 Å². The number of hydrogen-bond acceptors (Lipinski definition) is 3. The molecule has 0 aliphatic heterocycles. The summed E-state index contributed by atoms with van der Waals surface area (Å²) >= 11 is 0. The number of anilines is 1. The highest BCUT2D eigenvalue weighted by molar-refractivity contribution is 5.51. The number of halogens is 1. The van der Waals surface area contributed by atoms with Gasteiger partial charge in [0.15, 0.2) is 11.6 Å². The van der Waals surface area contributed by atoms with Crippen molar-refractivity contribution in [1.29, 1.82) is 0 Å². The fraction of sp³-hybridized carbons (Fsp3) is 0.250. The van der Waals surface area contributed by atoms with E-state index in [2.05, 4.69) is 5.32 Å². The van der Waals surface area contributed by atoms with Crippen molar-refractivity contribution in [3.63, 3.8) is 0 Å². The molecule has 0 atom stereocenters. The highest BCUT2D eigenvalue weighted by Gasteiger charge is 2.04. The molecule has 0 aliphatic rings. The van der Waals surface area contributed by atoms with Crippen LogP contribution in [0, 0.1) is 5.82 Å². The molecule has 2 rings (SSSR count). The van der Waals surface area contributed by atoms with Crippen molar-refractivity contribution < 1.29 is 14.2 Å². The minimum absolute atomic E-state index is 0.328. The van der Waals surface area contributed by atoms with Crippen LogP contribution in [0.2, 0.25) is 0 Å². The number of hydrogen-bond donors (Lipinski definition) is 2. The third kappa shape index (κ3) is 3.71. The van der Waals surface area contributed by atoms with Gasteiger partial charge in [0.05, 0.1) is 6.61 Å². The van der Waals surface area contributed by atoms with E-state index in [1.54, 1.807) is 6.07 Å². The van der Waals surface area contributed by atoms with Gasteiger partial charge in [-0.1, -0.05) is 24.3 Å². The lowest BCUT2D eigenvalue weighted by Gasteiger charge is -2.12. The Bertz CT molecular complexity index is 572. The molecule has 0 unspecified atom stereocenters. The average molecular weight is 275 g/mol. The zero-order valence-electron chi connectivity index (χ0n) is 11.4. The normalized spacial score (nSPS) is 10.5. The van der Waals surface area contributed by atoms with E-state index in [0.717, 1.165) is 16.8 Å². The minimum Gasteiger partial charge on any atom is -0.505 e. The van der Waals surface area contributed by atoms with Crippen molar-refractivity contribution in [1.82, 2.24) is 0 Å². The van der Waals surface area contributed by atoms with Gasteiger partial charge in [-0.05, 0) is 30.7 Å². The van der Waals surface area contributed by atoms with Gasteiger partial charge in [-0.15, -0.1) is 0 Å². The Kier molecular flexibility index (Phi) is 4.96. The van der Waals surface area contributed by atoms with Gasteiger partial charge in [0.25, 0.3) is 0 Å². The maximum absolute atomic E-state index is 13.3. The lowest BCUT2D eigenvalue weighted by atomic mass is 10.1. The lowest BCUT2D eigenvalue weighted by molar-refractivity contribution is 0.134. The zero-order valence-corrected chi connectivity index (χ0v) is 11.4. The molecule has 0 spiro atoms. The molecule has 0 radical (unpaired) electrons. The molecule has 0 aliphatic carbocycles. The quantitative estimate of drug-likeness (QED) is 0.845. The second-order valence-electron chi connectivity index (χ2n) is 4.43. The van der Waals surface area contributed by atoms with E-state index in [1.165, 1.54) is 12.1 Å². The Hall–Kier alpha value is -2.07. The van der Waals surface area contributed by atoms with Crippen molar-refractivity contribution >= 4 is 5.69 Å². The summed E-state index contributed by atoms with van der Waals surface area (Å²) in [6.45, 7) is 3.65. The number of phenolic OH excluding ortho intramolecular Hbond substituents is 1. The lowest BCUT2D eigenvalue weighted by Crippen LogP contribution is -2.04. The molecule has 20 heavy (non-hydrogen) atoms. The number of para-hydroxylation sites is 1. The van der Waals surface area contributed by atoms with E-state index in [-0.39, 0.29) is 5.75 Å². The topological polar surface area (TPSA) is 41.5 Å². The molecule has 106 valence electrons. The molecule has 0 amide bonds. The van der Waals surface area contributed by atoms with E-state index in [9.17, 15) is 4.39 Å². The van der Waals surface area contributed by atoms with E-state index in [0.29, 0.717) is 19.8 Å². The molecular weight excluding hydrogens is 257 g/mol. The number of benzene rings is 2. The summed E-state index contributed by atoms with van der Waals surface area (Å²) in [6, 6.07) is 12.2. The Morgan fingerprint density at radius 3 is 2.75 bits per heavy atom. The van der Waals surface area contributed by atoms with Crippen molar-refractivity contribution in [3.05, 3.63) is 59.4 Å². The van der Waals surface area contributed by atoms with Crippen LogP contribution >= 0.6 is 0 Å². The van der Waals surface area contributed by atoms with Crippen LogP contribution in [-0.4, -0.2) is 11.7 Å². The summed E-state index contributed by atoms with van der Waals surface area (Å²) in [5, 5.41) is 12.4. The molecule has 0 saturated carbocycles. The fourth-order valence-corrected chi connectivity index (χ4v) is 1.89. The summed E-state index contributed by atoms with van der Waals surface area (Å²) in [4.78, 5) is 0. The molecule has 0 fully saturated rings. The molecule has 0 aromatic heterocycles. The maximum atomic E-state index is 13.3. The second kappa shape index (κ2) is 6.91. The van der Waals surface area contributed by atoms with Crippen LogP contribution < -0.4 is 5.32 Å². The van der Waals surface area contributed by atoms with Crippen LogP contribution in [0.4, 0.5) is 10.1 Å². The van der Waals surface area contributed by atoms with Crippen LogP contribution in [-0.2, 0) is 17.9 Å². The molecule has 2 aromatic carbocycles. The minimum atomic E-state index is -0.605. The monoisotopic (exact) mass is 275 g/mol. The first kappa shape index (κ1) is 14.3. The zero-order chi connectivity index (χ0) is 14.4. The van der Waals surface area contributed by atoms with E-state index in [1.807, 2.05) is 31.2 Å². The SMILES string of the molecule is CCOCc1ccccc1NCc1ccc(O)c(F)c1. The molecule has 3 nitrogen and oxygen atoms in total. The second-order valence-corrected chi connectivity index (χ2v) is 4.43. The van der Waals surface area contributed by atoms with Crippen molar-refractivity contribution in [3.8, 4) is 5.75 Å². The number of rotatable bonds is 6. The Labute approximate surface area is 118 Å². The predicted octanol–water partition coefficient (Wildman–Crippen LogP) is 3.68. The fourth-order valence-electron chi connectivity index (χ4n) is 1.89. The summed E-state index contributed by atoms with van der Waals surface area (Å²) in [5.74, 6) is -0.933. The summed E-state index contributed by atoms with van der Waals surface area (Å²) in [7, 11) is 0. The van der Waals surface area contributed by atoms with Crippen LogP contribution in [0.1, 0.15) is 18.1 Å². The standard InChI is InChI=1S/C16H18FNO2/c1-2-20-11-13-5-3-4-6-15(13)18-10-12-7-8-16(19)14(17)9-12/h3-9,18-19H,2,10-11H2,1H3. The molecule has 0 heterocycles. The Balaban J connectivity index is 2.04. The van der Waals surface area contributed by atoms with Crippen LogP contribution in [0.5, 0.6) is 5.75 Å². The number of phenols is 1. The smallest absolute Gasteiger partial charge is 0.165 e. The van der Waals surface area contributed by atoms with Gasteiger partial charge in [0, 0.05) is 24.4 Å². The number of aromatic hydroxyl groups is 1. The van der Waals surface area contributed by atoms with Crippen molar-refractivity contribution in [2.45, 2.75) is 20.1 Å². The summed E-state index contributed by atoms with van der Waals surface area (Å²) in [5.41, 5.74) is 2.80. The van der Waals surface area contributed by atoms with Crippen molar-refractivity contribution in [2.24, 2.45) is 0 Å². The third-order valence-corrected chi connectivity index (χ3v) is 2.97. The van der Waals surface area contributed by atoms with Gasteiger partial charge >= 0.3 is 0 Å². The van der Waals surface area contributed by atoms with Gasteiger partial charge in [-0.25, -0.2) is 4.39 Å². The van der Waals surface area contributed by atoms with Gasteiger partial charge in [0.1, 0.15) is 0 Å². The largest absolute Gasteiger partial charge is 0.505 e. The van der Waals surface area contributed by atoms with Crippen molar-refractivity contribution in [2.75, 3.05) is 11.9 Å². The van der Waals surface area contributed by atoms with E-state index in [4.69, 9.17) is 9.84 Å². The first-order valence-corrected chi connectivity index (χ1v) is 6.57. The predicted molar refractivity (Wildman–Crippen MR) is 77.2 cm³/mol. The summed E-state index contributed by atoms with van der Waals surface area (Å²) < 4.78 is 18.7. The van der Waals surface area contributed by atoms with E-state index >= 15 is 0 Å². The first-order valence-electron chi connectivity index (χ1n) is 6.57. The Morgan fingerprint density at radius 1 is 1.20 bits per heavy atom. The van der Waals surface area contributed by atoms with Crippen LogP contribution in [0.3, 0.4) is 0 Å². The van der Waals surface area contributed by atoms with E-state index < -0.39 is 5.82 Å². The first-order chi connectivity index (χ1) is 9.70. The molecule has 0 bridgehead atoms. The van der Waals surface area contributed by atoms with Gasteiger partial charge in [-0.3, -0.25) is 0 Å². The maximum Gasteiger partial charge on any atom is 0.165 e.